The quantitative estimate of drug-likeness (QED) is 0.668. The molecule has 1 aliphatic carbocycles. The van der Waals surface area contributed by atoms with Crippen LogP contribution in [0, 0.1) is 5.92 Å². The van der Waals surface area contributed by atoms with Crippen molar-refractivity contribution in [2.24, 2.45) is 5.92 Å². The minimum atomic E-state index is -0.747. The average Bonchev–Trinajstić information content (AvgIpc) is 2.80. The Morgan fingerprint density at radius 3 is 2.75 bits per heavy atom. The second-order valence-corrected chi connectivity index (χ2v) is 5.03. The van der Waals surface area contributed by atoms with Gasteiger partial charge >= 0.3 is 5.97 Å². The number of carbonyl (C=O) groups is 1. The summed E-state index contributed by atoms with van der Waals surface area (Å²) in [4.78, 5) is 10.6. The lowest BCUT2D eigenvalue weighted by atomic mass is 9.79. The Balaban J connectivity index is 1.88. The van der Waals surface area contributed by atoms with Crippen LogP contribution in [0.2, 0.25) is 0 Å². The summed E-state index contributed by atoms with van der Waals surface area (Å²) in [5, 5.41) is 15.5. The van der Waals surface area contributed by atoms with Crippen LogP contribution >= 0.6 is 0 Å². The molecule has 3 unspecified atom stereocenters. The van der Waals surface area contributed by atoms with E-state index in [2.05, 4.69) is 10.6 Å². The topological polar surface area (TPSA) is 61.4 Å². The van der Waals surface area contributed by atoms with Crippen LogP contribution in [0.3, 0.4) is 0 Å². The summed E-state index contributed by atoms with van der Waals surface area (Å²) >= 11 is 0. The molecule has 4 nitrogen and oxygen atoms in total. The van der Waals surface area contributed by atoms with E-state index in [1.54, 1.807) is 0 Å². The van der Waals surface area contributed by atoms with E-state index < -0.39 is 5.97 Å². The zero-order valence-corrected chi connectivity index (χ0v) is 9.74. The van der Waals surface area contributed by atoms with Crippen molar-refractivity contribution < 1.29 is 9.90 Å². The maximum Gasteiger partial charge on any atom is 0.317 e. The molecule has 3 atom stereocenters. The molecule has 0 bridgehead atoms. The molecule has 2 aliphatic rings. The van der Waals surface area contributed by atoms with E-state index >= 15 is 0 Å². The van der Waals surface area contributed by atoms with E-state index in [0.29, 0.717) is 18.0 Å². The Hall–Kier alpha value is -0.610. The lowest BCUT2D eigenvalue weighted by Gasteiger charge is -2.36. The van der Waals surface area contributed by atoms with Crippen LogP contribution in [0.4, 0.5) is 0 Å². The fraction of sp³-hybridized carbons (Fsp3) is 0.917. The first kappa shape index (κ1) is 11.9. The van der Waals surface area contributed by atoms with Gasteiger partial charge in [-0.1, -0.05) is 12.8 Å². The molecule has 1 saturated carbocycles. The van der Waals surface area contributed by atoms with Gasteiger partial charge in [-0.25, -0.2) is 0 Å². The molecule has 0 aromatic heterocycles. The highest BCUT2D eigenvalue weighted by atomic mass is 16.4. The molecule has 4 heteroatoms. The highest BCUT2D eigenvalue weighted by molar-refractivity contribution is 5.69. The maximum atomic E-state index is 10.6. The Labute approximate surface area is 96.8 Å². The third-order valence-corrected chi connectivity index (χ3v) is 3.95. The maximum absolute atomic E-state index is 10.6. The fourth-order valence-corrected chi connectivity index (χ4v) is 3.19. The van der Waals surface area contributed by atoms with Crippen molar-refractivity contribution in [3.63, 3.8) is 0 Å². The molecule has 16 heavy (non-hydrogen) atoms. The third kappa shape index (κ3) is 2.95. The van der Waals surface area contributed by atoms with Crippen LogP contribution in [0.5, 0.6) is 0 Å². The summed E-state index contributed by atoms with van der Waals surface area (Å²) < 4.78 is 0. The number of hydrogen-bond acceptors (Lipinski definition) is 3. The van der Waals surface area contributed by atoms with Crippen LogP contribution < -0.4 is 10.6 Å². The van der Waals surface area contributed by atoms with Gasteiger partial charge in [0.15, 0.2) is 0 Å². The number of carboxylic acids is 1. The number of aliphatic carboxylic acids is 1. The Morgan fingerprint density at radius 1 is 1.25 bits per heavy atom. The van der Waals surface area contributed by atoms with E-state index in [1.807, 2.05) is 0 Å². The predicted octanol–water partition coefficient (Wildman–Crippen LogP) is 0.971. The van der Waals surface area contributed by atoms with Gasteiger partial charge in [0, 0.05) is 12.1 Å². The summed E-state index contributed by atoms with van der Waals surface area (Å²) in [6, 6.07) is 1.02. The number of nitrogens with one attached hydrogen (secondary N) is 2. The summed E-state index contributed by atoms with van der Waals surface area (Å²) in [5.74, 6) is -0.112. The SMILES string of the molecule is O=C(O)CNC1CCCCC1C1CCCN1. The van der Waals surface area contributed by atoms with E-state index in [4.69, 9.17) is 5.11 Å². The monoisotopic (exact) mass is 226 g/mol. The Kier molecular flexibility index (Phi) is 4.18. The second kappa shape index (κ2) is 5.64. The molecule has 3 N–H and O–H groups in total. The van der Waals surface area contributed by atoms with Crippen molar-refractivity contribution in [3.8, 4) is 0 Å². The van der Waals surface area contributed by atoms with Gasteiger partial charge in [-0.3, -0.25) is 4.79 Å². The molecule has 0 aromatic carbocycles. The number of hydrogen-bond donors (Lipinski definition) is 3. The second-order valence-electron chi connectivity index (χ2n) is 5.03. The molecule has 1 aliphatic heterocycles. The van der Waals surface area contributed by atoms with Crippen LogP contribution in [0.25, 0.3) is 0 Å². The zero-order chi connectivity index (χ0) is 11.4. The van der Waals surface area contributed by atoms with Crippen LogP contribution in [-0.4, -0.2) is 36.2 Å². The van der Waals surface area contributed by atoms with Crippen molar-refractivity contribution in [1.82, 2.24) is 10.6 Å². The molecular formula is C12H22N2O2. The minimum absolute atomic E-state index is 0.105. The standard InChI is InChI=1S/C12H22N2O2/c15-12(16)8-14-11-5-2-1-4-9(11)10-6-3-7-13-10/h9-11,13-14H,1-8H2,(H,15,16). The molecule has 0 aromatic rings. The highest BCUT2D eigenvalue weighted by Gasteiger charge is 2.32. The molecule has 0 amide bonds. The van der Waals surface area contributed by atoms with Crippen LogP contribution in [-0.2, 0) is 4.79 Å². The van der Waals surface area contributed by atoms with Gasteiger partial charge in [0.1, 0.15) is 0 Å². The Bertz CT molecular complexity index is 239. The van der Waals surface area contributed by atoms with E-state index in [9.17, 15) is 4.79 Å². The van der Waals surface area contributed by atoms with E-state index in [0.717, 1.165) is 13.0 Å². The van der Waals surface area contributed by atoms with Crippen molar-refractivity contribution >= 4 is 5.97 Å². The minimum Gasteiger partial charge on any atom is -0.480 e. The van der Waals surface area contributed by atoms with Crippen molar-refractivity contribution in [2.75, 3.05) is 13.1 Å². The van der Waals surface area contributed by atoms with Crippen LogP contribution in [0.15, 0.2) is 0 Å². The van der Waals surface area contributed by atoms with Gasteiger partial charge in [0.25, 0.3) is 0 Å². The van der Waals surface area contributed by atoms with Crippen LogP contribution in [0.1, 0.15) is 38.5 Å². The van der Waals surface area contributed by atoms with E-state index in [-0.39, 0.29) is 6.54 Å². The molecule has 2 rings (SSSR count). The molecule has 0 spiro atoms. The molecule has 1 saturated heterocycles. The first-order valence-electron chi connectivity index (χ1n) is 6.46. The van der Waals surface area contributed by atoms with Crippen molar-refractivity contribution in [3.05, 3.63) is 0 Å². The lowest BCUT2D eigenvalue weighted by Crippen LogP contribution is -2.48. The Morgan fingerprint density at radius 2 is 2.06 bits per heavy atom. The van der Waals surface area contributed by atoms with Gasteiger partial charge in [-0.05, 0) is 38.1 Å². The van der Waals surface area contributed by atoms with Gasteiger partial charge < -0.3 is 15.7 Å². The highest BCUT2D eigenvalue weighted by Crippen LogP contribution is 2.30. The molecule has 2 fully saturated rings. The first-order chi connectivity index (χ1) is 7.77. The molecular weight excluding hydrogens is 204 g/mol. The largest absolute Gasteiger partial charge is 0.480 e. The molecule has 92 valence electrons. The smallest absolute Gasteiger partial charge is 0.317 e. The summed E-state index contributed by atoms with van der Waals surface area (Å²) in [5.41, 5.74) is 0. The third-order valence-electron chi connectivity index (χ3n) is 3.95. The molecule has 0 radical (unpaired) electrons. The predicted molar refractivity (Wildman–Crippen MR) is 62.4 cm³/mol. The van der Waals surface area contributed by atoms with Crippen molar-refractivity contribution in [2.45, 2.75) is 50.6 Å². The van der Waals surface area contributed by atoms with E-state index in [1.165, 1.54) is 32.1 Å². The van der Waals surface area contributed by atoms with Gasteiger partial charge in [0.05, 0.1) is 6.54 Å². The van der Waals surface area contributed by atoms with Gasteiger partial charge in [-0.2, -0.15) is 0 Å². The summed E-state index contributed by atoms with van der Waals surface area (Å²) in [6.07, 6.45) is 7.45. The fourth-order valence-electron chi connectivity index (χ4n) is 3.19. The lowest BCUT2D eigenvalue weighted by molar-refractivity contribution is -0.136. The average molecular weight is 226 g/mol. The van der Waals surface area contributed by atoms with Gasteiger partial charge in [0.2, 0.25) is 0 Å². The summed E-state index contributed by atoms with van der Waals surface area (Å²) in [7, 11) is 0. The number of rotatable bonds is 4. The molecule has 1 heterocycles. The normalized spacial score (nSPS) is 35.1. The summed E-state index contributed by atoms with van der Waals surface area (Å²) in [6.45, 7) is 1.24. The zero-order valence-electron chi connectivity index (χ0n) is 9.74. The number of carboxylic acid groups (broad SMARTS) is 1. The van der Waals surface area contributed by atoms with Crippen molar-refractivity contribution in [1.29, 1.82) is 0 Å². The van der Waals surface area contributed by atoms with Gasteiger partial charge in [-0.15, -0.1) is 0 Å². The first-order valence-corrected chi connectivity index (χ1v) is 6.46.